The lowest BCUT2D eigenvalue weighted by molar-refractivity contribution is -0.129. The molecule has 0 spiro atoms. The molecule has 1 aliphatic rings. The van der Waals surface area contributed by atoms with Gasteiger partial charge in [0.2, 0.25) is 11.7 Å². The summed E-state index contributed by atoms with van der Waals surface area (Å²) in [7, 11) is 1.69. The molecule has 0 bridgehead atoms. The number of thioether (sulfide) groups is 1. The van der Waals surface area contributed by atoms with Crippen LogP contribution in [0.1, 0.15) is 19.8 Å². The summed E-state index contributed by atoms with van der Waals surface area (Å²) in [5.41, 5.74) is 0.655. The number of amides is 1. The highest BCUT2D eigenvalue weighted by Crippen LogP contribution is 2.26. The number of hydrogen-bond acceptors (Lipinski definition) is 5. The summed E-state index contributed by atoms with van der Waals surface area (Å²) in [6.07, 6.45) is 2.15. The SMILES string of the molecule is CC(Sc1nnc2n(C)c(=O)c3ccccc3n12)C(=O)N1CCCC1. The number of carbonyl (C=O) groups is 1. The average molecular weight is 357 g/mol. The fourth-order valence-electron chi connectivity index (χ4n) is 3.29. The summed E-state index contributed by atoms with van der Waals surface area (Å²) in [4.78, 5) is 27.0. The van der Waals surface area contributed by atoms with Crippen molar-refractivity contribution in [3.8, 4) is 0 Å². The lowest BCUT2D eigenvalue weighted by Gasteiger charge is -2.19. The largest absolute Gasteiger partial charge is 0.342 e. The first-order valence-electron chi connectivity index (χ1n) is 8.36. The van der Waals surface area contributed by atoms with Gasteiger partial charge in [0.25, 0.3) is 5.56 Å². The van der Waals surface area contributed by atoms with Crippen LogP contribution in [-0.4, -0.2) is 48.3 Å². The van der Waals surface area contributed by atoms with E-state index in [2.05, 4.69) is 10.2 Å². The van der Waals surface area contributed by atoms with Crippen molar-refractivity contribution in [2.45, 2.75) is 30.2 Å². The minimum Gasteiger partial charge on any atom is -0.342 e. The van der Waals surface area contributed by atoms with Gasteiger partial charge in [-0.1, -0.05) is 23.9 Å². The minimum absolute atomic E-state index is 0.103. The molecule has 0 radical (unpaired) electrons. The van der Waals surface area contributed by atoms with Gasteiger partial charge >= 0.3 is 0 Å². The molecule has 1 fully saturated rings. The maximum Gasteiger partial charge on any atom is 0.262 e. The Morgan fingerprint density at radius 3 is 2.68 bits per heavy atom. The Hall–Kier alpha value is -2.35. The Morgan fingerprint density at radius 2 is 1.92 bits per heavy atom. The van der Waals surface area contributed by atoms with E-state index in [1.165, 1.54) is 16.3 Å². The van der Waals surface area contributed by atoms with Crippen LogP contribution in [0.2, 0.25) is 0 Å². The molecule has 1 amide bonds. The van der Waals surface area contributed by atoms with Gasteiger partial charge in [-0.15, -0.1) is 10.2 Å². The van der Waals surface area contributed by atoms with Crippen LogP contribution in [0.4, 0.5) is 0 Å². The number of hydrogen-bond donors (Lipinski definition) is 0. The van der Waals surface area contributed by atoms with Crippen molar-refractivity contribution in [1.82, 2.24) is 24.1 Å². The number of fused-ring (bicyclic) bond motifs is 3. The van der Waals surface area contributed by atoms with Gasteiger partial charge < -0.3 is 4.90 Å². The van der Waals surface area contributed by atoms with E-state index < -0.39 is 0 Å². The van der Waals surface area contributed by atoms with Gasteiger partial charge in [-0.3, -0.25) is 18.6 Å². The van der Waals surface area contributed by atoms with Crippen LogP contribution in [0.15, 0.2) is 34.2 Å². The van der Waals surface area contributed by atoms with Crippen LogP contribution in [0.25, 0.3) is 16.7 Å². The Balaban J connectivity index is 1.78. The molecule has 4 rings (SSSR count). The molecule has 0 saturated carbocycles. The predicted octanol–water partition coefficient (Wildman–Crippen LogP) is 1.68. The zero-order chi connectivity index (χ0) is 17.6. The van der Waals surface area contributed by atoms with E-state index in [9.17, 15) is 9.59 Å². The second kappa shape index (κ2) is 6.18. The monoisotopic (exact) mass is 357 g/mol. The van der Waals surface area contributed by atoms with Crippen molar-refractivity contribution in [2.75, 3.05) is 13.1 Å². The third kappa shape index (κ3) is 2.60. The molecule has 8 heteroatoms. The molecule has 0 N–H and O–H groups in total. The molecule has 2 aromatic heterocycles. The maximum atomic E-state index is 12.6. The number of carbonyl (C=O) groups excluding carboxylic acids is 1. The molecule has 1 aliphatic heterocycles. The number of likely N-dealkylation sites (tertiary alicyclic amines) is 1. The van der Waals surface area contributed by atoms with E-state index in [-0.39, 0.29) is 16.7 Å². The van der Waals surface area contributed by atoms with Crippen LogP contribution >= 0.6 is 11.8 Å². The molecular formula is C17H19N5O2S. The molecule has 0 aliphatic carbocycles. The quantitative estimate of drug-likeness (QED) is 0.667. The average Bonchev–Trinajstić information content (AvgIpc) is 3.29. The predicted molar refractivity (Wildman–Crippen MR) is 96.9 cm³/mol. The summed E-state index contributed by atoms with van der Waals surface area (Å²) < 4.78 is 3.35. The van der Waals surface area contributed by atoms with Crippen LogP contribution in [-0.2, 0) is 11.8 Å². The highest BCUT2D eigenvalue weighted by Gasteiger charge is 2.26. The molecule has 3 heterocycles. The van der Waals surface area contributed by atoms with Gasteiger partial charge in [0, 0.05) is 20.1 Å². The number of para-hydroxylation sites is 1. The summed E-state index contributed by atoms with van der Waals surface area (Å²) in [5, 5.41) is 9.40. The van der Waals surface area contributed by atoms with Gasteiger partial charge in [0.05, 0.1) is 16.2 Å². The van der Waals surface area contributed by atoms with E-state index in [1.54, 1.807) is 13.1 Å². The lowest BCUT2D eigenvalue weighted by atomic mass is 10.2. The number of benzene rings is 1. The first-order valence-corrected chi connectivity index (χ1v) is 9.24. The Bertz CT molecular complexity index is 1020. The maximum absolute atomic E-state index is 12.6. The molecule has 25 heavy (non-hydrogen) atoms. The minimum atomic E-state index is -0.249. The topological polar surface area (TPSA) is 72.5 Å². The smallest absolute Gasteiger partial charge is 0.262 e. The zero-order valence-corrected chi connectivity index (χ0v) is 15.0. The number of rotatable bonds is 3. The van der Waals surface area contributed by atoms with Crippen molar-refractivity contribution in [3.63, 3.8) is 0 Å². The fraction of sp³-hybridized carbons (Fsp3) is 0.412. The fourth-order valence-corrected chi connectivity index (χ4v) is 4.23. The van der Waals surface area contributed by atoms with Crippen molar-refractivity contribution in [3.05, 3.63) is 34.6 Å². The van der Waals surface area contributed by atoms with Gasteiger partial charge in [-0.05, 0) is 31.9 Å². The molecule has 7 nitrogen and oxygen atoms in total. The third-order valence-corrected chi connectivity index (χ3v) is 5.67. The molecule has 1 aromatic carbocycles. The van der Waals surface area contributed by atoms with Crippen molar-refractivity contribution >= 4 is 34.3 Å². The van der Waals surface area contributed by atoms with Crippen LogP contribution in [0, 0.1) is 0 Å². The normalized spacial score (nSPS) is 16.0. The second-order valence-electron chi connectivity index (χ2n) is 6.29. The Labute approximate surface area is 148 Å². The van der Waals surface area contributed by atoms with Crippen LogP contribution in [0.3, 0.4) is 0 Å². The Morgan fingerprint density at radius 1 is 1.20 bits per heavy atom. The molecule has 1 saturated heterocycles. The van der Waals surface area contributed by atoms with E-state index in [1.807, 2.05) is 34.4 Å². The molecule has 1 unspecified atom stereocenters. The molecule has 3 aromatic rings. The summed E-state index contributed by atoms with van der Waals surface area (Å²) in [5.74, 6) is 0.611. The second-order valence-corrected chi connectivity index (χ2v) is 7.60. The number of nitrogens with zero attached hydrogens (tertiary/aromatic N) is 5. The van der Waals surface area contributed by atoms with Crippen LogP contribution < -0.4 is 5.56 Å². The first-order chi connectivity index (χ1) is 12.1. The van der Waals surface area contributed by atoms with Crippen molar-refractivity contribution in [1.29, 1.82) is 0 Å². The number of aryl methyl sites for hydroxylation is 1. The lowest BCUT2D eigenvalue weighted by Crippen LogP contribution is -2.34. The molecule has 130 valence electrons. The molecular weight excluding hydrogens is 338 g/mol. The van der Waals surface area contributed by atoms with E-state index in [0.717, 1.165) is 31.4 Å². The third-order valence-electron chi connectivity index (χ3n) is 4.64. The van der Waals surface area contributed by atoms with Crippen molar-refractivity contribution in [2.24, 2.45) is 7.05 Å². The van der Waals surface area contributed by atoms with Crippen LogP contribution in [0.5, 0.6) is 0 Å². The summed E-state index contributed by atoms with van der Waals surface area (Å²) in [6, 6.07) is 7.40. The van der Waals surface area contributed by atoms with Crippen molar-refractivity contribution < 1.29 is 4.79 Å². The Kier molecular flexibility index (Phi) is 3.99. The summed E-state index contributed by atoms with van der Waals surface area (Å²) >= 11 is 1.39. The van der Waals surface area contributed by atoms with E-state index in [4.69, 9.17) is 0 Å². The zero-order valence-electron chi connectivity index (χ0n) is 14.2. The summed E-state index contributed by atoms with van der Waals surface area (Å²) in [6.45, 7) is 3.57. The standard InChI is InChI=1S/C17H19N5O2S/c1-11(14(23)21-9-5-6-10-21)25-17-19-18-16-20(2)15(24)12-7-3-4-8-13(12)22(16)17/h3-4,7-8,11H,5-6,9-10H2,1-2H3. The highest BCUT2D eigenvalue weighted by molar-refractivity contribution is 8.00. The van der Waals surface area contributed by atoms with Gasteiger partial charge in [0.1, 0.15) is 0 Å². The first kappa shape index (κ1) is 16.1. The molecule has 1 atom stereocenters. The van der Waals surface area contributed by atoms with Gasteiger partial charge in [-0.2, -0.15) is 0 Å². The number of aromatic nitrogens is 4. The van der Waals surface area contributed by atoms with Gasteiger partial charge in [-0.25, -0.2) is 0 Å². The highest BCUT2D eigenvalue weighted by atomic mass is 32.2. The van der Waals surface area contributed by atoms with E-state index in [0.29, 0.717) is 16.3 Å². The van der Waals surface area contributed by atoms with Gasteiger partial charge in [0.15, 0.2) is 5.16 Å². The van der Waals surface area contributed by atoms with E-state index >= 15 is 0 Å².